The highest BCUT2D eigenvalue weighted by molar-refractivity contribution is 8.14. The summed E-state index contributed by atoms with van der Waals surface area (Å²) >= 11 is 0.741. The number of carbonyl (C=O) groups is 4. The van der Waals surface area contributed by atoms with Crippen molar-refractivity contribution in [2.45, 2.75) is 44.7 Å². The summed E-state index contributed by atoms with van der Waals surface area (Å²) in [5.41, 5.74) is 11.3. The molecule has 2 atom stereocenters. The van der Waals surface area contributed by atoms with Crippen molar-refractivity contribution in [2.75, 3.05) is 12.3 Å². The van der Waals surface area contributed by atoms with E-state index in [1.165, 1.54) is 31.2 Å². The molecule has 2 rings (SSSR count). The van der Waals surface area contributed by atoms with Gasteiger partial charge in [0, 0.05) is 29.9 Å². The van der Waals surface area contributed by atoms with Gasteiger partial charge in [-0.2, -0.15) is 0 Å². The first-order chi connectivity index (χ1) is 17.5. The number of amides is 1. The summed E-state index contributed by atoms with van der Waals surface area (Å²) in [5.74, 6) is -4.20. The van der Waals surface area contributed by atoms with Gasteiger partial charge < -0.3 is 26.6 Å². The molecule has 0 saturated heterocycles. The van der Waals surface area contributed by atoms with Crippen LogP contribution < -0.4 is 21.5 Å². The molecule has 0 aliphatic heterocycles. The van der Waals surface area contributed by atoms with Crippen molar-refractivity contribution in [3.05, 3.63) is 53.6 Å². The molecule has 200 valence electrons. The van der Waals surface area contributed by atoms with Gasteiger partial charge in [-0.25, -0.2) is 18.4 Å². The standard InChI is InChI=1S/C25H29F2N3O6S/c1-14(31)30-22(23(32)33)9-11-37-25(35)19-13-16(36-24(34)21(29)4-2-3-10-28)6-8-17(19)18-7-5-15(26)12-20(18)27/h5-8,12-13,21-22H,2-4,9-11,28-29H2,1H3,(H,30,31)(H,32,33)/t21-,22-/m0/s1. The monoisotopic (exact) mass is 537 g/mol. The normalized spacial score (nSPS) is 12.5. The van der Waals surface area contributed by atoms with E-state index in [4.69, 9.17) is 16.2 Å². The molecule has 9 nitrogen and oxygen atoms in total. The molecule has 0 radical (unpaired) electrons. The number of carboxylic acids is 1. The lowest BCUT2D eigenvalue weighted by Crippen LogP contribution is -2.39. The van der Waals surface area contributed by atoms with Crippen molar-refractivity contribution in [2.24, 2.45) is 11.5 Å². The molecule has 6 N–H and O–H groups in total. The number of carboxylic acid groups (broad SMARTS) is 1. The van der Waals surface area contributed by atoms with Crippen molar-refractivity contribution in [3.8, 4) is 16.9 Å². The fourth-order valence-corrected chi connectivity index (χ4v) is 4.23. The Labute approximate surface area is 216 Å². The quantitative estimate of drug-likeness (QED) is 0.171. The predicted molar refractivity (Wildman–Crippen MR) is 135 cm³/mol. The van der Waals surface area contributed by atoms with Crippen LogP contribution in [0.4, 0.5) is 8.78 Å². The number of aliphatic carboxylic acids is 1. The Morgan fingerprint density at radius 3 is 2.38 bits per heavy atom. The second kappa shape index (κ2) is 14.4. The van der Waals surface area contributed by atoms with Crippen molar-refractivity contribution in [1.29, 1.82) is 0 Å². The SMILES string of the molecule is CC(=O)N[C@@H](CCSC(=O)c1cc(OC(=O)[C@@H](N)CCCCN)ccc1-c1ccc(F)cc1F)C(=O)O. The Hall–Kier alpha value is -3.35. The summed E-state index contributed by atoms with van der Waals surface area (Å²) in [6.45, 7) is 1.64. The molecule has 0 aromatic heterocycles. The Kier molecular flexibility index (Phi) is 11.6. The van der Waals surface area contributed by atoms with E-state index in [1.807, 2.05) is 0 Å². The van der Waals surface area contributed by atoms with Gasteiger partial charge in [0.2, 0.25) is 11.0 Å². The highest BCUT2D eigenvalue weighted by Gasteiger charge is 2.22. The molecule has 2 aromatic rings. The van der Waals surface area contributed by atoms with Gasteiger partial charge in [-0.3, -0.25) is 9.59 Å². The molecule has 0 spiro atoms. The zero-order valence-corrected chi connectivity index (χ0v) is 21.0. The number of nitrogens with one attached hydrogen (secondary N) is 1. The number of carbonyl (C=O) groups excluding carboxylic acids is 3. The van der Waals surface area contributed by atoms with Crippen LogP contribution in [0.5, 0.6) is 5.75 Å². The summed E-state index contributed by atoms with van der Waals surface area (Å²) in [5, 5.41) is 10.9. The maximum atomic E-state index is 14.5. The van der Waals surface area contributed by atoms with E-state index in [1.54, 1.807) is 0 Å². The second-order valence-corrected chi connectivity index (χ2v) is 9.23. The highest BCUT2D eigenvalue weighted by atomic mass is 32.2. The van der Waals surface area contributed by atoms with Gasteiger partial charge in [0.1, 0.15) is 29.5 Å². The number of hydrogen-bond acceptors (Lipinski definition) is 8. The number of thioether (sulfide) groups is 1. The maximum Gasteiger partial charge on any atom is 0.328 e. The third-order valence-corrected chi connectivity index (χ3v) is 6.16. The number of esters is 1. The molecule has 0 aliphatic carbocycles. The Morgan fingerprint density at radius 2 is 1.76 bits per heavy atom. The molecular weight excluding hydrogens is 508 g/mol. The molecule has 37 heavy (non-hydrogen) atoms. The smallest absolute Gasteiger partial charge is 0.328 e. The number of unbranched alkanes of at least 4 members (excludes halogenated alkanes) is 1. The number of hydrogen-bond donors (Lipinski definition) is 4. The van der Waals surface area contributed by atoms with E-state index >= 15 is 0 Å². The van der Waals surface area contributed by atoms with Gasteiger partial charge in [-0.1, -0.05) is 18.2 Å². The predicted octanol–water partition coefficient (Wildman–Crippen LogP) is 2.85. The Balaban J connectivity index is 2.29. The van der Waals surface area contributed by atoms with Crippen LogP contribution in [0.2, 0.25) is 0 Å². The van der Waals surface area contributed by atoms with Crippen molar-refractivity contribution >= 4 is 34.7 Å². The Morgan fingerprint density at radius 1 is 1.05 bits per heavy atom. The number of halogens is 2. The summed E-state index contributed by atoms with van der Waals surface area (Å²) in [7, 11) is 0. The fraction of sp³-hybridized carbons (Fsp3) is 0.360. The van der Waals surface area contributed by atoms with Crippen LogP contribution in [0.1, 0.15) is 43.0 Å². The Bertz CT molecular complexity index is 1150. The van der Waals surface area contributed by atoms with E-state index in [0.29, 0.717) is 31.9 Å². The van der Waals surface area contributed by atoms with E-state index in [2.05, 4.69) is 5.32 Å². The third kappa shape index (κ3) is 9.23. The van der Waals surface area contributed by atoms with Gasteiger partial charge in [0.15, 0.2) is 0 Å². The number of ether oxygens (including phenoxy) is 1. The van der Waals surface area contributed by atoms with Crippen molar-refractivity contribution in [1.82, 2.24) is 5.32 Å². The molecular formula is C25H29F2N3O6S. The topological polar surface area (TPSA) is 162 Å². The lowest BCUT2D eigenvalue weighted by atomic mass is 9.99. The highest BCUT2D eigenvalue weighted by Crippen LogP contribution is 2.32. The first-order valence-electron chi connectivity index (χ1n) is 11.5. The third-order valence-electron chi connectivity index (χ3n) is 5.24. The molecule has 0 unspecified atom stereocenters. The molecule has 2 aromatic carbocycles. The summed E-state index contributed by atoms with van der Waals surface area (Å²) < 4.78 is 33.3. The largest absolute Gasteiger partial charge is 0.480 e. The van der Waals surface area contributed by atoms with Crippen LogP contribution in [0.25, 0.3) is 11.1 Å². The molecule has 0 aliphatic rings. The lowest BCUT2D eigenvalue weighted by molar-refractivity contribution is -0.141. The van der Waals surface area contributed by atoms with Gasteiger partial charge in [-0.05, 0) is 61.7 Å². The summed E-state index contributed by atoms with van der Waals surface area (Å²) in [6.07, 6.45) is 1.62. The summed E-state index contributed by atoms with van der Waals surface area (Å²) in [6, 6.07) is 4.77. The van der Waals surface area contributed by atoms with E-state index in [9.17, 15) is 33.1 Å². The summed E-state index contributed by atoms with van der Waals surface area (Å²) in [4.78, 5) is 48.0. The first-order valence-corrected chi connectivity index (χ1v) is 12.5. The van der Waals surface area contributed by atoms with Crippen LogP contribution in [0, 0.1) is 11.6 Å². The molecule has 1 amide bonds. The minimum absolute atomic E-state index is 0.00356. The van der Waals surface area contributed by atoms with Gasteiger partial charge >= 0.3 is 11.9 Å². The molecule has 0 fully saturated rings. The minimum Gasteiger partial charge on any atom is -0.480 e. The lowest BCUT2D eigenvalue weighted by Gasteiger charge is -2.15. The molecule has 0 heterocycles. The zero-order chi connectivity index (χ0) is 27.5. The van der Waals surface area contributed by atoms with Crippen LogP contribution in [-0.2, 0) is 14.4 Å². The zero-order valence-electron chi connectivity index (χ0n) is 20.2. The maximum absolute atomic E-state index is 14.5. The van der Waals surface area contributed by atoms with Crippen LogP contribution >= 0.6 is 11.8 Å². The average Bonchev–Trinajstić information content (AvgIpc) is 2.83. The number of nitrogens with two attached hydrogens (primary N) is 2. The average molecular weight is 538 g/mol. The fourth-order valence-electron chi connectivity index (χ4n) is 3.37. The van der Waals surface area contributed by atoms with Crippen molar-refractivity contribution < 1.29 is 37.8 Å². The molecule has 0 bridgehead atoms. The second-order valence-electron chi connectivity index (χ2n) is 8.16. The van der Waals surface area contributed by atoms with Gasteiger partial charge in [0.25, 0.3) is 0 Å². The van der Waals surface area contributed by atoms with Gasteiger partial charge in [0.05, 0.1) is 0 Å². The van der Waals surface area contributed by atoms with E-state index in [-0.39, 0.29) is 34.6 Å². The van der Waals surface area contributed by atoms with E-state index in [0.717, 1.165) is 17.8 Å². The van der Waals surface area contributed by atoms with Crippen LogP contribution in [-0.4, -0.2) is 52.4 Å². The van der Waals surface area contributed by atoms with Gasteiger partial charge in [-0.15, -0.1) is 0 Å². The van der Waals surface area contributed by atoms with Crippen LogP contribution in [0.3, 0.4) is 0 Å². The molecule has 12 heteroatoms. The van der Waals surface area contributed by atoms with Crippen molar-refractivity contribution in [3.63, 3.8) is 0 Å². The minimum atomic E-state index is -1.26. The van der Waals surface area contributed by atoms with E-state index < -0.39 is 46.7 Å². The van der Waals surface area contributed by atoms with Crippen LogP contribution in [0.15, 0.2) is 36.4 Å². The number of rotatable bonds is 13. The number of benzene rings is 2. The first kappa shape index (κ1) is 29.9. The molecule has 0 saturated carbocycles.